The molecule has 206 valence electrons. The summed E-state index contributed by atoms with van der Waals surface area (Å²) in [6.07, 6.45) is 2.36. The minimum atomic E-state index is -0.303. The number of ether oxygens (including phenoxy) is 2. The minimum Gasteiger partial charge on any atom is -0.494 e. The van der Waals surface area contributed by atoms with Gasteiger partial charge in [-0.1, -0.05) is 19.9 Å². The van der Waals surface area contributed by atoms with Gasteiger partial charge in [0.15, 0.2) is 6.73 Å². The molecule has 0 atom stereocenters. The molecule has 1 saturated heterocycles. The molecule has 0 bridgehead atoms. The standard InChI is InChI=1S/C31H37N3O4S/c1-23(2)20-31(36)38-22-34-28-21-25(10-8-24(28)9-11-30(34)35)37-18-4-3-13-32-14-16-33(17-15-32)27-6-5-7-29-26(27)12-19-39-29/h5-12,19,21,23H,3-4,13-18,20,22H2,1-2H3. The fourth-order valence-electron chi connectivity index (χ4n) is 5.11. The summed E-state index contributed by atoms with van der Waals surface area (Å²) in [5.74, 6) is 0.618. The van der Waals surface area contributed by atoms with E-state index >= 15 is 0 Å². The Morgan fingerprint density at radius 1 is 1.00 bits per heavy atom. The van der Waals surface area contributed by atoms with Gasteiger partial charge in [0.25, 0.3) is 5.56 Å². The Morgan fingerprint density at radius 3 is 2.64 bits per heavy atom. The van der Waals surface area contributed by atoms with Gasteiger partial charge in [-0.25, -0.2) is 0 Å². The van der Waals surface area contributed by atoms with Gasteiger partial charge >= 0.3 is 5.97 Å². The number of pyridine rings is 1. The summed E-state index contributed by atoms with van der Waals surface area (Å²) in [5, 5.41) is 4.44. The number of thiophene rings is 1. The maximum Gasteiger partial charge on any atom is 0.307 e. The smallest absolute Gasteiger partial charge is 0.307 e. The first-order valence-corrected chi connectivity index (χ1v) is 14.7. The third-order valence-electron chi connectivity index (χ3n) is 7.22. The number of carbonyl (C=O) groups excluding carboxylic acids is 1. The summed E-state index contributed by atoms with van der Waals surface area (Å²) in [5.41, 5.74) is 1.86. The van der Waals surface area contributed by atoms with Crippen LogP contribution in [0.15, 0.2) is 64.8 Å². The Morgan fingerprint density at radius 2 is 1.82 bits per heavy atom. The lowest BCUT2D eigenvalue weighted by Gasteiger charge is -2.36. The van der Waals surface area contributed by atoms with Gasteiger partial charge in [-0.05, 0) is 72.5 Å². The van der Waals surface area contributed by atoms with Crippen LogP contribution in [-0.4, -0.2) is 54.8 Å². The molecule has 4 aromatic rings. The van der Waals surface area contributed by atoms with Crippen molar-refractivity contribution in [1.82, 2.24) is 9.47 Å². The van der Waals surface area contributed by atoms with Crippen molar-refractivity contribution in [2.75, 3.05) is 44.2 Å². The van der Waals surface area contributed by atoms with Crippen molar-refractivity contribution in [2.45, 2.75) is 39.8 Å². The van der Waals surface area contributed by atoms with Crippen molar-refractivity contribution in [1.29, 1.82) is 0 Å². The Labute approximate surface area is 233 Å². The van der Waals surface area contributed by atoms with Crippen LogP contribution in [0, 0.1) is 5.92 Å². The predicted molar refractivity (Wildman–Crippen MR) is 159 cm³/mol. The lowest BCUT2D eigenvalue weighted by atomic mass is 10.1. The largest absolute Gasteiger partial charge is 0.494 e. The molecule has 1 aliphatic rings. The highest BCUT2D eigenvalue weighted by molar-refractivity contribution is 7.17. The molecule has 0 spiro atoms. The van der Waals surface area contributed by atoms with Gasteiger partial charge in [0.2, 0.25) is 0 Å². The molecule has 0 aliphatic carbocycles. The van der Waals surface area contributed by atoms with Gasteiger partial charge < -0.3 is 14.4 Å². The fraction of sp³-hybridized carbons (Fsp3) is 0.419. The molecule has 0 N–H and O–H groups in total. The van der Waals surface area contributed by atoms with Crippen LogP contribution in [0.1, 0.15) is 33.1 Å². The molecule has 2 aromatic carbocycles. The first-order valence-electron chi connectivity index (χ1n) is 13.8. The van der Waals surface area contributed by atoms with E-state index in [9.17, 15) is 9.59 Å². The number of nitrogens with zero attached hydrogens (tertiary/aromatic N) is 3. The van der Waals surface area contributed by atoms with E-state index in [4.69, 9.17) is 9.47 Å². The van der Waals surface area contributed by atoms with Crippen molar-refractivity contribution in [3.05, 3.63) is 70.3 Å². The molecule has 7 nitrogen and oxygen atoms in total. The number of carbonyl (C=O) groups is 1. The molecule has 1 aliphatic heterocycles. The van der Waals surface area contributed by atoms with Gasteiger partial charge in [-0.2, -0.15) is 0 Å². The number of fused-ring (bicyclic) bond motifs is 2. The van der Waals surface area contributed by atoms with Crippen molar-refractivity contribution >= 4 is 44.0 Å². The maximum atomic E-state index is 12.5. The Kier molecular flexibility index (Phi) is 8.84. The van der Waals surface area contributed by atoms with Gasteiger partial charge in [-0.3, -0.25) is 19.1 Å². The summed E-state index contributed by atoms with van der Waals surface area (Å²) in [7, 11) is 0. The highest BCUT2D eigenvalue weighted by Crippen LogP contribution is 2.31. The number of piperazine rings is 1. The molecule has 5 rings (SSSR count). The molecular weight excluding hydrogens is 510 g/mol. The second-order valence-electron chi connectivity index (χ2n) is 10.6. The lowest BCUT2D eigenvalue weighted by molar-refractivity contribution is -0.148. The van der Waals surface area contributed by atoms with Gasteiger partial charge in [0.05, 0.1) is 12.1 Å². The van der Waals surface area contributed by atoms with E-state index in [2.05, 4.69) is 39.4 Å². The normalized spacial score (nSPS) is 14.4. The van der Waals surface area contributed by atoms with Gasteiger partial charge in [0.1, 0.15) is 5.75 Å². The summed E-state index contributed by atoms with van der Waals surface area (Å²) in [6.45, 7) is 9.77. The van der Waals surface area contributed by atoms with Crippen LogP contribution < -0.4 is 15.2 Å². The lowest BCUT2D eigenvalue weighted by Crippen LogP contribution is -2.46. The highest BCUT2D eigenvalue weighted by Gasteiger charge is 2.18. The van der Waals surface area contributed by atoms with Crippen LogP contribution in [0.4, 0.5) is 5.69 Å². The Balaban J connectivity index is 1.08. The first-order chi connectivity index (χ1) is 19.0. The average Bonchev–Trinajstić information content (AvgIpc) is 3.41. The zero-order chi connectivity index (χ0) is 27.2. The topological polar surface area (TPSA) is 64.0 Å². The number of esters is 1. The summed E-state index contributed by atoms with van der Waals surface area (Å²) in [4.78, 5) is 29.6. The zero-order valence-electron chi connectivity index (χ0n) is 22.8. The average molecular weight is 548 g/mol. The van der Waals surface area contributed by atoms with E-state index in [-0.39, 0.29) is 24.2 Å². The fourth-order valence-corrected chi connectivity index (χ4v) is 5.92. The van der Waals surface area contributed by atoms with E-state index in [1.54, 1.807) is 17.4 Å². The summed E-state index contributed by atoms with van der Waals surface area (Å²) < 4.78 is 14.2. The molecular formula is C31H37N3O4S. The van der Waals surface area contributed by atoms with Gasteiger partial charge in [0, 0.05) is 60.5 Å². The number of benzene rings is 2. The van der Waals surface area contributed by atoms with E-state index in [1.165, 1.54) is 26.4 Å². The van der Waals surface area contributed by atoms with Crippen LogP contribution >= 0.6 is 11.3 Å². The van der Waals surface area contributed by atoms with E-state index in [0.717, 1.165) is 51.0 Å². The van der Waals surface area contributed by atoms with Crippen LogP contribution in [0.3, 0.4) is 0 Å². The Hall–Kier alpha value is -3.36. The maximum absolute atomic E-state index is 12.5. The zero-order valence-corrected chi connectivity index (χ0v) is 23.6. The SMILES string of the molecule is CC(C)CC(=O)OCn1c(=O)ccc2ccc(OCCCCN3CCN(c4cccc5sccc45)CC3)cc21. The molecule has 0 unspecified atom stereocenters. The number of unbranched alkanes of at least 4 members (excludes halogenated alkanes) is 1. The quantitative estimate of drug-likeness (QED) is 0.176. The number of hydrogen-bond donors (Lipinski definition) is 0. The van der Waals surface area contributed by atoms with Crippen LogP contribution in [-0.2, 0) is 16.3 Å². The molecule has 0 saturated carbocycles. The monoisotopic (exact) mass is 547 g/mol. The molecule has 2 aromatic heterocycles. The number of aromatic nitrogens is 1. The van der Waals surface area contributed by atoms with E-state index in [1.807, 2.05) is 32.0 Å². The molecule has 39 heavy (non-hydrogen) atoms. The van der Waals surface area contributed by atoms with Crippen LogP contribution in [0.25, 0.3) is 21.0 Å². The second-order valence-corrected chi connectivity index (χ2v) is 11.5. The van der Waals surface area contributed by atoms with Crippen molar-refractivity contribution in [2.24, 2.45) is 5.92 Å². The van der Waals surface area contributed by atoms with Crippen molar-refractivity contribution in [3.63, 3.8) is 0 Å². The third kappa shape index (κ3) is 6.81. The van der Waals surface area contributed by atoms with Crippen molar-refractivity contribution in [3.8, 4) is 5.75 Å². The van der Waals surface area contributed by atoms with Crippen LogP contribution in [0.5, 0.6) is 5.75 Å². The van der Waals surface area contributed by atoms with Crippen LogP contribution in [0.2, 0.25) is 0 Å². The number of anilines is 1. The third-order valence-corrected chi connectivity index (χ3v) is 8.10. The molecule has 3 heterocycles. The first kappa shape index (κ1) is 27.2. The second kappa shape index (κ2) is 12.7. The van der Waals surface area contributed by atoms with Gasteiger partial charge in [-0.15, -0.1) is 11.3 Å². The van der Waals surface area contributed by atoms with Crippen molar-refractivity contribution < 1.29 is 14.3 Å². The molecule has 0 radical (unpaired) electrons. The summed E-state index contributed by atoms with van der Waals surface area (Å²) in [6, 6.07) is 17.9. The summed E-state index contributed by atoms with van der Waals surface area (Å²) >= 11 is 1.80. The molecule has 0 amide bonds. The predicted octanol–water partition coefficient (Wildman–Crippen LogP) is 5.74. The highest BCUT2D eigenvalue weighted by atomic mass is 32.1. The van der Waals surface area contributed by atoms with E-state index < -0.39 is 0 Å². The number of rotatable bonds is 11. The molecule has 1 fully saturated rings. The van der Waals surface area contributed by atoms with E-state index in [0.29, 0.717) is 24.3 Å². The number of hydrogen-bond acceptors (Lipinski definition) is 7. The molecule has 8 heteroatoms. The minimum absolute atomic E-state index is 0.0964. The Bertz CT molecular complexity index is 1470.